The Hall–Kier alpha value is -2.01. The maximum atomic E-state index is 4.76. The number of hydrogen-bond acceptors (Lipinski definition) is 5. The molecule has 5 nitrogen and oxygen atoms in total. The van der Waals surface area contributed by atoms with E-state index in [0.717, 1.165) is 49.8 Å². The second-order valence-corrected chi connectivity index (χ2v) is 7.78. The molecule has 0 spiro atoms. The van der Waals surface area contributed by atoms with Gasteiger partial charge in [-0.15, -0.1) is 0 Å². The van der Waals surface area contributed by atoms with Gasteiger partial charge in [0.2, 0.25) is 0 Å². The summed E-state index contributed by atoms with van der Waals surface area (Å²) < 4.78 is 0. The van der Waals surface area contributed by atoms with Crippen LogP contribution in [0.1, 0.15) is 45.2 Å². The van der Waals surface area contributed by atoms with E-state index in [1.54, 1.807) is 12.4 Å². The lowest BCUT2D eigenvalue weighted by Gasteiger charge is -2.35. The second kappa shape index (κ2) is 7.26. The summed E-state index contributed by atoms with van der Waals surface area (Å²) >= 11 is 0. The summed E-state index contributed by atoms with van der Waals surface area (Å²) in [5.41, 5.74) is 1.45. The molecule has 128 valence electrons. The van der Waals surface area contributed by atoms with Gasteiger partial charge in [-0.2, -0.15) is 0 Å². The van der Waals surface area contributed by atoms with E-state index < -0.39 is 0 Å². The minimum Gasteiger partial charge on any atom is -0.324 e. The van der Waals surface area contributed by atoms with Crippen LogP contribution in [0.15, 0.2) is 36.8 Å². The molecule has 0 atom stereocenters. The smallest absolute Gasteiger partial charge is 0.150 e. The van der Waals surface area contributed by atoms with Crippen molar-refractivity contribution >= 4 is 11.6 Å². The molecule has 1 saturated heterocycles. The summed E-state index contributed by atoms with van der Waals surface area (Å²) in [7, 11) is 0. The molecule has 0 unspecified atom stereocenters. The van der Waals surface area contributed by atoms with Gasteiger partial charge in [-0.05, 0) is 43.5 Å². The van der Waals surface area contributed by atoms with Gasteiger partial charge in [0.25, 0.3) is 0 Å². The SMILES string of the molecule is CC(C)(C)CN1CCC(c2cncc(Nc3ccccn3)n2)CC1. The molecule has 0 aromatic carbocycles. The highest BCUT2D eigenvalue weighted by atomic mass is 15.1. The van der Waals surface area contributed by atoms with Crippen LogP contribution < -0.4 is 5.32 Å². The van der Waals surface area contributed by atoms with E-state index in [2.05, 4.69) is 41.0 Å². The van der Waals surface area contributed by atoms with Gasteiger partial charge in [0.15, 0.2) is 0 Å². The Morgan fingerprint density at radius 1 is 1.12 bits per heavy atom. The number of anilines is 2. The summed E-state index contributed by atoms with van der Waals surface area (Å²) in [6.45, 7) is 10.3. The summed E-state index contributed by atoms with van der Waals surface area (Å²) in [4.78, 5) is 16.0. The molecular weight excluding hydrogens is 298 g/mol. The zero-order chi connectivity index (χ0) is 17.0. The first-order valence-corrected chi connectivity index (χ1v) is 8.72. The number of piperidine rings is 1. The topological polar surface area (TPSA) is 53.9 Å². The predicted octanol–water partition coefficient (Wildman–Crippen LogP) is 3.84. The normalized spacial score (nSPS) is 17.0. The first-order chi connectivity index (χ1) is 11.5. The predicted molar refractivity (Wildman–Crippen MR) is 97.4 cm³/mol. The Balaban J connectivity index is 1.61. The van der Waals surface area contributed by atoms with Crippen LogP contribution >= 0.6 is 0 Å². The lowest BCUT2D eigenvalue weighted by Crippen LogP contribution is -2.38. The quantitative estimate of drug-likeness (QED) is 0.925. The van der Waals surface area contributed by atoms with Crippen LogP contribution in [0, 0.1) is 5.41 Å². The number of pyridine rings is 1. The summed E-state index contributed by atoms with van der Waals surface area (Å²) in [6, 6.07) is 5.79. The Morgan fingerprint density at radius 2 is 1.92 bits per heavy atom. The fourth-order valence-corrected chi connectivity index (χ4v) is 3.26. The number of nitrogens with one attached hydrogen (secondary N) is 1. The third-order valence-electron chi connectivity index (χ3n) is 4.28. The lowest BCUT2D eigenvalue weighted by atomic mass is 9.90. The monoisotopic (exact) mass is 325 g/mol. The molecule has 2 aromatic rings. The number of aromatic nitrogens is 3. The largest absolute Gasteiger partial charge is 0.324 e. The second-order valence-electron chi connectivity index (χ2n) is 7.78. The first kappa shape index (κ1) is 16.8. The van der Waals surface area contributed by atoms with E-state index in [0.29, 0.717) is 11.3 Å². The number of rotatable bonds is 4. The molecule has 1 fully saturated rings. The Morgan fingerprint density at radius 3 is 2.58 bits per heavy atom. The lowest BCUT2D eigenvalue weighted by molar-refractivity contribution is 0.153. The van der Waals surface area contributed by atoms with Crippen molar-refractivity contribution in [1.29, 1.82) is 0 Å². The third kappa shape index (κ3) is 4.74. The van der Waals surface area contributed by atoms with Crippen molar-refractivity contribution in [2.24, 2.45) is 5.41 Å². The molecule has 1 aliphatic heterocycles. The van der Waals surface area contributed by atoms with E-state index in [9.17, 15) is 0 Å². The van der Waals surface area contributed by atoms with Crippen molar-refractivity contribution in [2.45, 2.75) is 39.5 Å². The van der Waals surface area contributed by atoms with E-state index in [1.807, 2.05) is 24.4 Å². The molecule has 24 heavy (non-hydrogen) atoms. The first-order valence-electron chi connectivity index (χ1n) is 8.72. The van der Waals surface area contributed by atoms with E-state index in [1.165, 1.54) is 0 Å². The van der Waals surface area contributed by atoms with Crippen LogP contribution in [-0.4, -0.2) is 39.5 Å². The summed E-state index contributed by atoms with van der Waals surface area (Å²) in [5, 5.41) is 3.23. The molecule has 3 heterocycles. The van der Waals surface area contributed by atoms with E-state index in [4.69, 9.17) is 4.98 Å². The van der Waals surface area contributed by atoms with Gasteiger partial charge in [-0.1, -0.05) is 26.8 Å². The van der Waals surface area contributed by atoms with Crippen LogP contribution in [0.3, 0.4) is 0 Å². The molecule has 1 N–H and O–H groups in total. The average Bonchev–Trinajstić information content (AvgIpc) is 2.55. The van der Waals surface area contributed by atoms with Gasteiger partial charge < -0.3 is 10.2 Å². The maximum Gasteiger partial charge on any atom is 0.150 e. The number of likely N-dealkylation sites (tertiary alicyclic amines) is 1. The average molecular weight is 325 g/mol. The molecule has 0 bridgehead atoms. The van der Waals surface area contributed by atoms with Crippen LogP contribution in [0.2, 0.25) is 0 Å². The Labute approximate surface area is 144 Å². The van der Waals surface area contributed by atoms with Crippen molar-refractivity contribution in [3.63, 3.8) is 0 Å². The Kier molecular flexibility index (Phi) is 5.09. The zero-order valence-corrected chi connectivity index (χ0v) is 14.9. The molecule has 5 heteroatoms. The highest BCUT2D eigenvalue weighted by Crippen LogP contribution is 2.28. The minimum atomic E-state index is 0.360. The molecule has 0 saturated carbocycles. The van der Waals surface area contributed by atoms with Crippen molar-refractivity contribution in [3.8, 4) is 0 Å². The molecule has 0 radical (unpaired) electrons. The fourth-order valence-electron chi connectivity index (χ4n) is 3.26. The molecular formula is C19H27N5. The van der Waals surface area contributed by atoms with E-state index in [-0.39, 0.29) is 0 Å². The van der Waals surface area contributed by atoms with Gasteiger partial charge in [0, 0.05) is 24.9 Å². The zero-order valence-electron chi connectivity index (χ0n) is 14.9. The van der Waals surface area contributed by atoms with Crippen LogP contribution in [0.25, 0.3) is 0 Å². The van der Waals surface area contributed by atoms with Crippen molar-refractivity contribution in [1.82, 2.24) is 19.9 Å². The molecule has 2 aromatic heterocycles. The van der Waals surface area contributed by atoms with Crippen molar-refractivity contribution in [3.05, 3.63) is 42.5 Å². The van der Waals surface area contributed by atoms with Gasteiger partial charge in [-0.3, -0.25) is 4.98 Å². The number of hydrogen-bond donors (Lipinski definition) is 1. The Bertz CT molecular complexity index is 642. The van der Waals surface area contributed by atoms with Crippen molar-refractivity contribution < 1.29 is 0 Å². The van der Waals surface area contributed by atoms with Crippen LogP contribution in [0.5, 0.6) is 0 Å². The summed E-state index contributed by atoms with van der Waals surface area (Å²) in [5.74, 6) is 2.06. The van der Waals surface area contributed by atoms with Crippen LogP contribution in [0.4, 0.5) is 11.6 Å². The van der Waals surface area contributed by atoms with Gasteiger partial charge in [0.05, 0.1) is 11.9 Å². The minimum absolute atomic E-state index is 0.360. The van der Waals surface area contributed by atoms with E-state index >= 15 is 0 Å². The fraction of sp³-hybridized carbons (Fsp3) is 0.526. The maximum absolute atomic E-state index is 4.76. The van der Waals surface area contributed by atoms with Gasteiger partial charge in [-0.25, -0.2) is 9.97 Å². The standard InChI is InChI=1S/C19H27N5/c1-19(2,3)14-24-10-7-15(8-11-24)16-12-20-13-18(22-16)23-17-6-4-5-9-21-17/h4-6,9,12-13,15H,7-8,10-11,14H2,1-3H3,(H,21,22,23). The highest BCUT2D eigenvalue weighted by molar-refractivity contribution is 5.50. The highest BCUT2D eigenvalue weighted by Gasteiger charge is 2.24. The third-order valence-corrected chi connectivity index (χ3v) is 4.28. The molecule has 0 aliphatic carbocycles. The van der Waals surface area contributed by atoms with Crippen LogP contribution in [-0.2, 0) is 0 Å². The van der Waals surface area contributed by atoms with Gasteiger partial charge in [0.1, 0.15) is 11.6 Å². The molecule has 0 amide bonds. The molecule has 1 aliphatic rings. The van der Waals surface area contributed by atoms with Gasteiger partial charge >= 0.3 is 0 Å². The van der Waals surface area contributed by atoms with Crippen molar-refractivity contribution in [2.75, 3.05) is 25.0 Å². The number of nitrogens with zero attached hydrogens (tertiary/aromatic N) is 4. The molecule has 3 rings (SSSR count). The summed E-state index contributed by atoms with van der Waals surface area (Å²) in [6.07, 6.45) is 7.74.